The molecule has 0 atom stereocenters. The molecule has 0 rings (SSSR count). The van der Waals surface area contributed by atoms with Gasteiger partial charge >= 0.3 is 11.9 Å². The normalized spacial score (nSPS) is 10.7. The van der Waals surface area contributed by atoms with Crippen LogP contribution in [0.25, 0.3) is 0 Å². The molecule has 0 saturated carbocycles. The minimum atomic E-state index is -0.649. The van der Waals surface area contributed by atoms with Crippen LogP contribution in [-0.2, 0) is 28.7 Å². The average Bonchev–Trinajstić information content (AvgIpc) is 2.86. The second-order valence-electron chi connectivity index (χ2n) is 8.56. The Morgan fingerprint density at radius 2 is 0.806 bits per heavy atom. The van der Waals surface area contributed by atoms with Crippen molar-refractivity contribution in [1.29, 1.82) is 0 Å². The van der Waals surface area contributed by atoms with Crippen LogP contribution in [0, 0.1) is 0 Å². The Morgan fingerprint density at radius 1 is 0.528 bits per heavy atom. The number of ether oxygens (including phenoxy) is 2. The van der Waals surface area contributed by atoms with Gasteiger partial charge in [0.15, 0.2) is 11.6 Å². The van der Waals surface area contributed by atoms with E-state index in [2.05, 4.69) is 48.6 Å². The molecule has 0 aliphatic rings. The van der Waals surface area contributed by atoms with Crippen LogP contribution in [0.3, 0.4) is 0 Å². The van der Waals surface area contributed by atoms with Crippen molar-refractivity contribution in [2.75, 3.05) is 25.7 Å². The molecular weight excluding hydrogens is 496 g/mol. The number of carbonyl (C=O) groups excluding carboxylic acids is 4. The molecule has 0 aromatic carbocycles. The number of rotatable bonds is 18. The number of carbonyl (C=O) groups is 4. The molecule has 0 aliphatic carbocycles. The van der Waals surface area contributed by atoms with Crippen LogP contribution in [0.1, 0.15) is 118 Å². The molecule has 0 aromatic rings. The molecule has 0 amide bonds. The third-order valence-corrected chi connectivity index (χ3v) is 5.97. The van der Waals surface area contributed by atoms with Crippen molar-refractivity contribution < 1.29 is 28.7 Å². The topological polar surface area (TPSA) is 86.7 Å². The summed E-state index contributed by atoms with van der Waals surface area (Å²) >= 11 is 8.29. The molecule has 0 radical (unpaired) electrons. The van der Waals surface area contributed by atoms with E-state index in [0.29, 0.717) is 0 Å². The third kappa shape index (κ3) is 27.3. The van der Waals surface area contributed by atoms with Gasteiger partial charge in [-0.3, -0.25) is 19.2 Å². The van der Waals surface area contributed by atoms with Crippen LogP contribution >= 0.6 is 25.3 Å². The zero-order valence-corrected chi connectivity index (χ0v) is 25.4. The summed E-state index contributed by atoms with van der Waals surface area (Å²) in [7, 11) is 2.35. The lowest BCUT2D eigenvalue weighted by Gasteiger charge is -2.09. The number of methoxy groups -OCH3 is 2. The maximum atomic E-state index is 11.4. The highest BCUT2D eigenvalue weighted by Crippen LogP contribution is 2.16. The maximum absolute atomic E-state index is 11.4. The zero-order valence-electron chi connectivity index (χ0n) is 23.7. The lowest BCUT2D eigenvalue weighted by Crippen LogP contribution is -2.16. The molecule has 0 saturated heterocycles. The van der Waals surface area contributed by atoms with Crippen molar-refractivity contribution in [3.63, 3.8) is 0 Å². The van der Waals surface area contributed by atoms with E-state index in [1.54, 1.807) is 0 Å². The summed E-state index contributed by atoms with van der Waals surface area (Å²) in [5, 5.41) is 0. The van der Waals surface area contributed by atoms with E-state index < -0.39 is 23.5 Å². The van der Waals surface area contributed by atoms with Crippen LogP contribution in [0.2, 0.25) is 0 Å². The fraction of sp³-hybridized carbons (Fsp3) is 0.786. The number of Topliss-reactive ketones (excluding diaryl/α,β-unsaturated/α-hetero) is 2. The predicted octanol–water partition coefficient (Wildman–Crippen LogP) is 7.14. The summed E-state index contributed by atoms with van der Waals surface area (Å²) in [4.78, 5) is 45.2. The van der Waals surface area contributed by atoms with Crippen molar-refractivity contribution in [3.8, 4) is 0 Å². The Labute approximate surface area is 231 Å². The van der Waals surface area contributed by atoms with E-state index in [0.717, 1.165) is 11.5 Å². The van der Waals surface area contributed by atoms with Gasteiger partial charge in [0.2, 0.25) is 0 Å². The number of hydrogen-bond donors (Lipinski definition) is 2. The first kappa shape index (κ1) is 39.2. The molecule has 36 heavy (non-hydrogen) atoms. The van der Waals surface area contributed by atoms with Gasteiger partial charge in [0.25, 0.3) is 0 Å². The Morgan fingerprint density at radius 3 is 1.03 bits per heavy atom. The highest BCUT2D eigenvalue weighted by Gasteiger charge is 2.21. The molecule has 0 N–H and O–H groups in total. The van der Waals surface area contributed by atoms with E-state index in [-0.39, 0.29) is 24.0 Å². The van der Waals surface area contributed by atoms with E-state index >= 15 is 0 Å². The van der Waals surface area contributed by atoms with Crippen LogP contribution in [0.15, 0.2) is 11.1 Å². The molecule has 6 nitrogen and oxygen atoms in total. The van der Waals surface area contributed by atoms with Crippen molar-refractivity contribution in [2.24, 2.45) is 0 Å². The van der Waals surface area contributed by atoms with Gasteiger partial charge in [-0.2, -0.15) is 25.3 Å². The number of hydrogen-bond acceptors (Lipinski definition) is 8. The van der Waals surface area contributed by atoms with Crippen LogP contribution in [0.5, 0.6) is 0 Å². The number of thiol groups is 2. The van der Waals surface area contributed by atoms with Crippen molar-refractivity contribution in [2.45, 2.75) is 118 Å². The van der Waals surface area contributed by atoms with Gasteiger partial charge in [-0.05, 0) is 38.2 Å². The first-order valence-corrected chi connectivity index (χ1v) is 14.5. The van der Waals surface area contributed by atoms with E-state index in [4.69, 9.17) is 0 Å². The Hall–Kier alpha value is -1.28. The molecule has 0 bridgehead atoms. The molecule has 0 unspecified atom stereocenters. The van der Waals surface area contributed by atoms with Gasteiger partial charge in [-0.25, -0.2) is 0 Å². The van der Waals surface area contributed by atoms with Gasteiger partial charge < -0.3 is 9.47 Å². The molecule has 0 spiro atoms. The number of ketones is 2. The highest BCUT2D eigenvalue weighted by atomic mass is 32.1. The van der Waals surface area contributed by atoms with Gasteiger partial charge in [0.05, 0.1) is 27.1 Å². The zero-order chi connectivity index (χ0) is 28.2. The first-order chi connectivity index (χ1) is 17.2. The van der Waals surface area contributed by atoms with Crippen LogP contribution < -0.4 is 0 Å². The molecular formula is C28H52O6S2. The Bertz CT molecular complexity index is 553. The van der Waals surface area contributed by atoms with Crippen LogP contribution in [0.4, 0.5) is 0 Å². The second kappa shape index (κ2) is 29.9. The third-order valence-electron chi connectivity index (χ3n) is 5.34. The summed E-state index contributed by atoms with van der Waals surface area (Å²) in [5.41, 5.74) is -0.0282. The minimum absolute atomic E-state index is 0.0141. The standard InChI is InChI=1S/C12H16O6.2C8H18S/c1-7(13)9(5-11(15)17-3)10(8(2)14)6-12(16)18-4;2*1-2-3-4-5-6-7-8-9/h5-6H2,1-4H3;2*9H,2-8H2,1H3/b10-9-;;. The summed E-state index contributed by atoms with van der Waals surface area (Å²) < 4.78 is 8.88. The number of esters is 2. The lowest BCUT2D eigenvalue weighted by molar-refractivity contribution is -0.141. The fourth-order valence-corrected chi connectivity index (χ4v) is 3.55. The SMILES string of the molecule is CCCCCCCCS.CCCCCCCCS.COC(=O)C/C(C(C)=O)=C(\CC(=O)OC)C(C)=O. The summed E-state index contributed by atoms with van der Waals surface area (Å²) in [6.07, 6.45) is 15.9. The quantitative estimate of drug-likeness (QED) is 0.0819. The smallest absolute Gasteiger partial charge is 0.310 e. The summed E-state index contributed by atoms with van der Waals surface area (Å²) in [5.74, 6) is -0.0743. The Balaban J connectivity index is -0.000000507. The van der Waals surface area contributed by atoms with Crippen LogP contribution in [-0.4, -0.2) is 49.2 Å². The molecule has 8 heteroatoms. The predicted molar refractivity (Wildman–Crippen MR) is 156 cm³/mol. The summed E-state index contributed by atoms with van der Waals surface area (Å²) in [6.45, 7) is 6.94. The average molecular weight is 549 g/mol. The number of unbranched alkanes of at least 4 members (excludes halogenated alkanes) is 10. The van der Waals surface area contributed by atoms with Crippen molar-refractivity contribution in [3.05, 3.63) is 11.1 Å². The molecule has 212 valence electrons. The summed E-state index contributed by atoms with van der Waals surface area (Å²) in [6, 6.07) is 0. The van der Waals surface area contributed by atoms with Gasteiger partial charge in [0.1, 0.15) is 0 Å². The fourth-order valence-electron chi connectivity index (χ4n) is 3.10. The molecule has 0 heterocycles. The Kier molecular flexibility index (Phi) is 32.6. The van der Waals surface area contributed by atoms with Gasteiger partial charge in [0, 0.05) is 11.1 Å². The highest BCUT2D eigenvalue weighted by molar-refractivity contribution is 7.80. The molecule has 0 aromatic heterocycles. The molecule has 0 fully saturated rings. The molecule has 0 aliphatic heterocycles. The van der Waals surface area contributed by atoms with Gasteiger partial charge in [-0.15, -0.1) is 0 Å². The maximum Gasteiger partial charge on any atom is 0.310 e. The van der Waals surface area contributed by atoms with Crippen molar-refractivity contribution in [1.82, 2.24) is 0 Å². The first-order valence-electron chi connectivity index (χ1n) is 13.3. The minimum Gasteiger partial charge on any atom is -0.469 e. The second-order valence-corrected chi connectivity index (χ2v) is 9.45. The van der Waals surface area contributed by atoms with E-state index in [1.165, 1.54) is 105 Å². The van der Waals surface area contributed by atoms with Gasteiger partial charge in [-0.1, -0.05) is 78.1 Å². The largest absolute Gasteiger partial charge is 0.469 e. The van der Waals surface area contributed by atoms with E-state index in [1.807, 2.05) is 0 Å². The van der Waals surface area contributed by atoms with Crippen molar-refractivity contribution >= 4 is 48.8 Å². The van der Waals surface area contributed by atoms with E-state index in [9.17, 15) is 19.2 Å². The lowest BCUT2D eigenvalue weighted by atomic mass is 9.96. The monoisotopic (exact) mass is 548 g/mol.